The third-order valence-electron chi connectivity index (χ3n) is 3.80. The topological polar surface area (TPSA) is 30.9 Å². The van der Waals surface area contributed by atoms with Crippen LogP contribution in [-0.4, -0.2) is 79.8 Å². The molecule has 4 nitrogen and oxygen atoms in total. The fourth-order valence-electron chi connectivity index (χ4n) is 2.54. The van der Waals surface area contributed by atoms with Crippen molar-refractivity contribution in [2.45, 2.75) is 31.7 Å². The molecule has 1 fully saturated rings. The first kappa shape index (κ1) is 20.4. The van der Waals surface area contributed by atoms with Gasteiger partial charge in [-0.25, -0.2) is 0 Å². The zero-order valence-corrected chi connectivity index (χ0v) is 15.3. The highest BCUT2D eigenvalue weighted by Crippen LogP contribution is 2.24. The van der Waals surface area contributed by atoms with Gasteiger partial charge in [0.25, 0.3) is 0 Å². The summed E-state index contributed by atoms with van der Waals surface area (Å²) >= 11 is 2.00. The third-order valence-corrected chi connectivity index (χ3v) is 5.34. The summed E-state index contributed by atoms with van der Waals surface area (Å²) in [6.07, 6.45) is -3.47. The minimum atomic E-state index is -4.13. The molecule has 0 radical (unpaired) electrons. The van der Waals surface area contributed by atoms with Crippen LogP contribution in [0, 0.1) is 5.92 Å². The minimum Gasteiger partial charge on any atom is -0.356 e. The lowest BCUT2D eigenvalue weighted by molar-refractivity contribution is -0.143. The van der Waals surface area contributed by atoms with Crippen molar-refractivity contribution in [2.24, 2.45) is 10.9 Å². The Morgan fingerprint density at radius 1 is 1.43 bits per heavy atom. The quantitative estimate of drug-likeness (QED) is 0.451. The van der Waals surface area contributed by atoms with Gasteiger partial charge in [0.15, 0.2) is 5.96 Å². The van der Waals surface area contributed by atoms with Crippen LogP contribution in [0.5, 0.6) is 0 Å². The van der Waals surface area contributed by atoms with Crippen LogP contribution in [0.25, 0.3) is 0 Å². The first-order valence-electron chi connectivity index (χ1n) is 8.05. The second kappa shape index (κ2) is 9.61. The largest absolute Gasteiger partial charge is 0.401 e. The van der Waals surface area contributed by atoms with Crippen molar-refractivity contribution in [3.8, 4) is 0 Å². The van der Waals surface area contributed by atoms with Crippen LogP contribution in [0.3, 0.4) is 0 Å². The SMILES string of the molecule is CN=C(NCCCN(C)CC(F)(F)F)N1CCSC(C(C)C)C1. The molecular weight excluding hydrogens is 325 g/mol. The average molecular weight is 354 g/mol. The summed E-state index contributed by atoms with van der Waals surface area (Å²) < 4.78 is 36.8. The molecule has 1 N–H and O–H groups in total. The second-order valence-corrected chi connectivity index (χ2v) is 7.63. The lowest BCUT2D eigenvalue weighted by Crippen LogP contribution is -2.49. The summed E-state index contributed by atoms with van der Waals surface area (Å²) in [4.78, 5) is 7.86. The summed E-state index contributed by atoms with van der Waals surface area (Å²) in [5.74, 6) is 2.56. The molecule has 0 saturated carbocycles. The Kier molecular flexibility index (Phi) is 8.53. The monoisotopic (exact) mass is 354 g/mol. The van der Waals surface area contributed by atoms with Crippen molar-refractivity contribution in [3.63, 3.8) is 0 Å². The molecule has 8 heteroatoms. The van der Waals surface area contributed by atoms with Crippen molar-refractivity contribution < 1.29 is 13.2 Å². The third kappa shape index (κ3) is 8.15. The van der Waals surface area contributed by atoms with E-state index in [1.54, 1.807) is 7.05 Å². The number of nitrogens with one attached hydrogen (secondary N) is 1. The molecule has 0 aromatic heterocycles. The van der Waals surface area contributed by atoms with Gasteiger partial charge < -0.3 is 10.2 Å². The standard InChI is InChI=1S/C15H29F3N4S/c1-12(2)13-10-22(8-9-23-13)14(19-3)20-6-5-7-21(4)11-15(16,17)18/h12-13H,5-11H2,1-4H3,(H,19,20). The summed E-state index contributed by atoms with van der Waals surface area (Å²) in [6, 6.07) is 0. The first-order valence-corrected chi connectivity index (χ1v) is 9.10. The van der Waals surface area contributed by atoms with E-state index in [4.69, 9.17) is 0 Å². The van der Waals surface area contributed by atoms with Gasteiger partial charge in [0, 0.05) is 37.7 Å². The molecule has 136 valence electrons. The van der Waals surface area contributed by atoms with Crippen LogP contribution in [0.4, 0.5) is 13.2 Å². The van der Waals surface area contributed by atoms with Crippen molar-refractivity contribution in [1.82, 2.24) is 15.1 Å². The number of hydrogen-bond acceptors (Lipinski definition) is 3. The van der Waals surface area contributed by atoms with E-state index < -0.39 is 12.7 Å². The Balaban J connectivity index is 2.32. The Morgan fingerprint density at radius 3 is 2.70 bits per heavy atom. The minimum absolute atomic E-state index is 0.411. The molecule has 1 aliphatic heterocycles. The molecule has 0 spiro atoms. The van der Waals surface area contributed by atoms with E-state index >= 15 is 0 Å². The summed E-state index contributed by atoms with van der Waals surface area (Å²) in [5.41, 5.74) is 0. The van der Waals surface area contributed by atoms with Crippen molar-refractivity contribution in [1.29, 1.82) is 0 Å². The normalized spacial score (nSPS) is 20.5. The molecule has 1 aliphatic rings. The van der Waals surface area contributed by atoms with E-state index in [0.717, 1.165) is 24.8 Å². The first-order chi connectivity index (χ1) is 10.7. The van der Waals surface area contributed by atoms with Gasteiger partial charge in [0.2, 0.25) is 0 Å². The molecule has 0 amide bonds. The predicted octanol–water partition coefficient (Wildman–Crippen LogP) is 2.52. The van der Waals surface area contributed by atoms with Gasteiger partial charge in [-0.3, -0.25) is 9.89 Å². The number of halogens is 3. The summed E-state index contributed by atoms with van der Waals surface area (Å²) in [7, 11) is 3.25. The Morgan fingerprint density at radius 2 is 2.13 bits per heavy atom. The van der Waals surface area contributed by atoms with Crippen molar-refractivity contribution >= 4 is 17.7 Å². The molecule has 1 rings (SSSR count). The van der Waals surface area contributed by atoms with Crippen LogP contribution in [0.2, 0.25) is 0 Å². The summed E-state index contributed by atoms with van der Waals surface area (Å²) in [5, 5.41) is 3.87. The Labute approximate surface area is 141 Å². The van der Waals surface area contributed by atoms with Gasteiger partial charge in [0.1, 0.15) is 0 Å². The van der Waals surface area contributed by atoms with Gasteiger partial charge >= 0.3 is 6.18 Å². The van der Waals surface area contributed by atoms with E-state index in [9.17, 15) is 13.2 Å². The molecule has 1 heterocycles. The molecule has 0 aromatic carbocycles. The highest BCUT2D eigenvalue weighted by molar-refractivity contribution is 8.00. The lowest BCUT2D eigenvalue weighted by Gasteiger charge is -2.36. The van der Waals surface area contributed by atoms with E-state index in [0.29, 0.717) is 30.7 Å². The fourth-order valence-corrected chi connectivity index (χ4v) is 3.84. The Bertz CT molecular complexity index is 374. The number of nitrogens with zero attached hydrogens (tertiary/aromatic N) is 3. The molecular formula is C15H29F3N4S. The fraction of sp³-hybridized carbons (Fsp3) is 0.933. The van der Waals surface area contributed by atoms with Crippen LogP contribution < -0.4 is 5.32 Å². The number of thioether (sulfide) groups is 1. The predicted molar refractivity (Wildman–Crippen MR) is 92.2 cm³/mol. The maximum atomic E-state index is 12.3. The zero-order chi connectivity index (χ0) is 17.5. The molecule has 0 aliphatic carbocycles. The van der Waals surface area contributed by atoms with E-state index in [-0.39, 0.29) is 0 Å². The van der Waals surface area contributed by atoms with E-state index in [1.807, 2.05) is 11.8 Å². The van der Waals surface area contributed by atoms with Crippen LogP contribution >= 0.6 is 11.8 Å². The number of guanidine groups is 1. The van der Waals surface area contributed by atoms with E-state index in [2.05, 4.69) is 29.1 Å². The van der Waals surface area contributed by atoms with Gasteiger partial charge in [-0.15, -0.1) is 0 Å². The van der Waals surface area contributed by atoms with Gasteiger partial charge in [0.05, 0.1) is 6.54 Å². The lowest BCUT2D eigenvalue weighted by atomic mass is 10.1. The second-order valence-electron chi connectivity index (χ2n) is 6.28. The molecule has 1 saturated heterocycles. The molecule has 0 bridgehead atoms. The van der Waals surface area contributed by atoms with Crippen molar-refractivity contribution in [3.05, 3.63) is 0 Å². The number of aliphatic imine (C=N–C) groups is 1. The maximum Gasteiger partial charge on any atom is 0.401 e. The smallest absolute Gasteiger partial charge is 0.356 e. The van der Waals surface area contributed by atoms with Gasteiger partial charge in [-0.05, 0) is 25.9 Å². The molecule has 1 atom stereocenters. The molecule has 1 unspecified atom stereocenters. The summed E-state index contributed by atoms with van der Waals surface area (Å²) in [6.45, 7) is 6.57. The van der Waals surface area contributed by atoms with Crippen LogP contribution in [0.1, 0.15) is 20.3 Å². The highest BCUT2D eigenvalue weighted by Gasteiger charge is 2.29. The number of alkyl halides is 3. The molecule has 23 heavy (non-hydrogen) atoms. The van der Waals surface area contributed by atoms with Crippen LogP contribution in [-0.2, 0) is 0 Å². The highest BCUT2D eigenvalue weighted by atomic mass is 32.2. The Hall–Kier alpha value is -0.630. The van der Waals surface area contributed by atoms with Gasteiger partial charge in [-0.1, -0.05) is 13.8 Å². The van der Waals surface area contributed by atoms with E-state index in [1.165, 1.54) is 11.9 Å². The van der Waals surface area contributed by atoms with Gasteiger partial charge in [-0.2, -0.15) is 24.9 Å². The number of hydrogen-bond donors (Lipinski definition) is 1. The zero-order valence-electron chi connectivity index (χ0n) is 14.5. The van der Waals surface area contributed by atoms with Crippen LogP contribution in [0.15, 0.2) is 4.99 Å². The molecule has 0 aromatic rings. The number of rotatable bonds is 6. The van der Waals surface area contributed by atoms with Crippen molar-refractivity contribution in [2.75, 3.05) is 52.6 Å². The average Bonchev–Trinajstić information content (AvgIpc) is 2.45. The maximum absolute atomic E-state index is 12.3.